The van der Waals surface area contributed by atoms with Gasteiger partial charge in [-0.1, -0.05) is 48.0 Å². The highest BCUT2D eigenvalue weighted by Gasteiger charge is 2.39. The number of rotatable bonds is 13. The fraction of sp³-hybridized carbons (Fsp3) is 0.400. The number of carbonyl (C=O) groups excluding carboxylic acids is 1. The Labute approximate surface area is 325 Å². The molecule has 4 aromatic rings. The molecule has 2 saturated heterocycles. The molecule has 1 amide bonds. The molecule has 0 bridgehead atoms. The van der Waals surface area contributed by atoms with Gasteiger partial charge in [0.05, 0.1) is 36.4 Å². The summed E-state index contributed by atoms with van der Waals surface area (Å²) in [5, 5.41) is 15.7. The molecule has 4 heterocycles. The van der Waals surface area contributed by atoms with Gasteiger partial charge in [-0.05, 0) is 55.0 Å². The minimum atomic E-state index is -4.80. The number of amides is 1. The average Bonchev–Trinajstić information content (AvgIpc) is 3.92. The number of nitrogens with one attached hydrogen (secondary N) is 2. The van der Waals surface area contributed by atoms with Crippen molar-refractivity contribution >= 4 is 23.5 Å². The number of methoxy groups -OCH3 is 2. The highest BCUT2D eigenvalue weighted by Crippen LogP contribution is 2.46. The van der Waals surface area contributed by atoms with E-state index < -0.39 is 41.4 Å². The first-order valence-electron chi connectivity index (χ1n) is 18.3. The molecule has 0 spiro atoms. The highest BCUT2D eigenvalue weighted by atomic mass is 35.5. The molecule has 1 aliphatic carbocycles. The number of carboxylic acid groups (broad SMARTS) is 1. The second kappa shape index (κ2) is 16.2. The van der Waals surface area contributed by atoms with Crippen LogP contribution in [0.1, 0.15) is 59.6 Å². The van der Waals surface area contributed by atoms with Gasteiger partial charge in [0.15, 0.2) is 0 Å². The summed E-state index contributed by atoms with van der Waals surface area (Å²) in [4.78, 5) is 33.5. The van der Waals surface area contributed by atoms with Crippen molar-refractivity contribution in [1.82, 2.24) is 25.5 Å². The Balaban J connectivity index is 1.14. The van der Waals surface area contributed by atoms with Crippen LogP contribution in [0.5, 0.6) is 17.6 Å². The molecule has 0 radical (unpaired) electrons. The zero-order valence-electron chi connectivity index (χ0n) is 30.6. The van der Waals surface area contributed by atoms with E-state index >= 15 is 4.39 Å². The van der Waals surface area contributed by atoms with Crippen molar-refractivity contribution in [2.45, 2.75) is 63.5 Å². The number of ether oxygens (including phenoxy) is 3. The van der Waals surface area contributed by atoms with Crippen LogP contribution in [0.4, 0.5) is 17.6 Å². The van der Waals surface area contributed by atoms with Crippen LogP contribution in [0, 0.1) is 11.7 Å². The average molecular weight is 798 g/mol. The molecular formula is C40H40ClF4N5O6. The third-order valence-corrected chi connectivity index (χ3v) is 11.0. The van der Waals surface area contributed by atoms with Crippen molar-refractivity contribution in [2.75, 3.05) is 33.9 Å². The van der Waals surface area contributed by atoms with Gasteiger partial charge in [0.25, 0.3) is 0 Å². The van der Waals surface area contributed by atoms with E-state index in [2.05, 4.69) is 20.6 Å². The van der Waals surface area contributed by atoms with Gasteiger partial charge in [0, 0.05) is 61.4 Å². The standard InChI is InChI=1S/C40H40ClF4N5O6/c1-54-36-22(20-50-14-13-21(19-50)39(52)53)15-30(40(43,44)45)38(49-36)56-33-11-10-25-24(5-3-6-26(25)33)27-7-4-8-28(35(27)41)32-16-31(42)29(37(48-32)55-2)18-46-17-23-9-12-34(51)47-23/h3-8,15-16,21,23,33,46H,9-14,17-20H2,1-2H3,(H,47,51)(H,52,53)/t21-,23-,33-/m0/s1. The lowest BCUT2D eigenvalue weighted by atomic mass is 9.94. The van der Waals surface area contributed by atoms with Gasteiger partial charge >= 0.3 is 12.1 Å². The van der Waals surface area contributed by atoms with Crippen LogP contribution >= 0.6 is 11.6 Å². The highest BCUT2D eigenvalue weighted by molar-refractivity contribution is 6.36. The molecule has 16 heteroatoms. The number of halogens is 5. The molecule has 2 aromatic heterocycles. The summed E-state index contributed by atoms with van der Waals surface area (Å²) in [5.74, 6) is -2.65. The van der Waals surface area contributed by atoms with Gasteiger partial charge in [0.2, 0.25) is 23.5 Å². The lowest BCUT2D eigenvalue weighted by molar-refractivity contribution is -0.141. The van der Waals surface area contributed by atoms with E-state index in [9.17, 15) is 27.9 Å². The Morgan fingerprint density at radius 2 is 1.75 bits per heavy atom. The largest absolute Gasteiger partial charge is 0.481 e. The molecule has 2 aliphatic heterocycles. The number of carbonyl (C=O) groups is 2. The third-order valence-electron chi connectivity index (χ3n) is 10.6. The van der Waals surface area contributed by atoms with Gasteiger partial charge in [-0.2, -0.15) is 18.2 Å². The van der Waals surface area contributed by atoms with Crippen LogP contribution in [0.3, 0.4) is 0 Å². The normalized spacial score (nSPS) is 19.6. The van der Waals surface area contributed by atoms with E-state index in [1.54, 1.807) is 29.2 Å². The summed E-state index contributed by atoms with van der Waals surface area (Å²) in [6, 6.07) is 13.0. The zero-order chi connectivity index (χ0) is 39.7. The molecule has 7 rings (SSSR count). The van der Waals surface area contributed by atoms with Gasteiger partial charge in [-0.3, -0.25) is 14.5 Å². The number of likely N-dealkylation sites (tertiary alicyclic amines) is 1. The van der Waals surface area contributed by atoms with Gasteiger partial charge in [-0.25, -0.2) is 9.37 Å². The van der Waals surface area contributed by atoms with Crippen LogP contribution in [-0.2, 0) is 35.3 Å². The lowest BCUT2D eigenvalue weighted by Crippen LogP contribution is -2.35. The molecule has 0 unspecified atom stereocenters. The Hall–Kier alpha value is -4.99. The monoisotopic (exact) mass is 797 g/mol. The first-order valence-corrected chi connectivity index (χ1v) is 18.6. The predicted molar refractivity (Wildman–Crippen MR) is 198 cm³/mol. The smallest absolute Gasteiger partial charge is 0.421 e. The predicted octanol–water partition coefficient (Wildman–Crippen LogP) is 6.98. The SMILES string of the molecule is COc1nc(O[C@H]2CCc3c(-c4cccc(-c5cc(F)c(CNC[C@@H]6CCC(=O)N6)c(OC)n5)c4Cl)cccc32)c(C(F)(F)F)cc1CN1CC[C@H](C(=O)O)C1. The molecule has 3 aliphatic rings. The molecule has 2 aromatic carbocycles. The molecule has 3 N–H and O–H groups in total. The van der Waals surface area contributed by atoms with E-state index in [0.717, 1.165) is 17.2 Å². The van der Waals surface area contributed by atoms with Crippen molar-refractivity contribution < 1.29 is 46.5 Å². The summed E-state index contributed by atoms with van der Waals surface area (Å²) >= 11 is 7.04. The summed E-state index contributed by atoms with van der Waals surface area (Å²) in [6.07, 6.45) is -3.16. The Morgan fingerprint density at radius 1 is 1.00 bits per heavy atom. The maximum atomic E-state index is 15.6. The van der Waals surface area contributed by atoms with Crippen LogP contribution in [0.2, 0.25) is 5.02 Å². The van der Waals surface area contributed by atoms with E-state index in [0.29, 0.717) is 66.9 Å². The Bertz CT molecular complexity index is 2150. The molecule has 0 saturated carbocycles. The number of hydrogen-bond acceptors (Lipinski definition) is 9. The fourth-order valence-corrected chi connectivity index (χ4v) is 8.10. The van der Waals surface area contributed by atoms with Crippen molar-refractivity contribution in [1.29, 1.82) is 0 Å². The number of carboxylic acids is 1. The molecule has 2 fully saturated rings. The minimum absolute atomic E-state index is 0.00660. The van der Waals surface area contributed by atoms with Crippen LogP contribution < -0.4 is 24.8 Å². The molecule has 11 nitrogen and oxygen atoms in total. The number of aliphatic carboxylic acids is 1. The topological polar surface area (TPSA) is 135 Å². The van der Waals surface area contributed by atoms with Crippen LogP contribution in [0.15, 0.2) is 48.5 Å². The Kier molecular flexibility index (Phi) is 11.4. The summed E-state index contributed by atoms with van der Waals surface area (Å²) in [7, 11) is 2.72. The third kappa shape index (κ3) is 8.11. The first kappa shape index (κ1) is 39.3. The van der Waals surface area contributed by atoms with Crippen molar-refractivity contribution in [3.8, 4) is 40.0 Å². The quantitative estimate of drug-likeness (QED) is 0.122. The molecule has 3 atom stereocenters. The van der Waals surface area contributed by atoms with Crippen molar-refractivity contribution in [2.24, 2.45) is 5.92 Å². The number of hydrogen-bond donors (Lipinski definition) is 3. The molecule has 56 heavy (non-hydrogen) atoms. The summed E-state index contributed by atoms with van der Waals surface area (Å²) in [6.45, 7) is 1.27. The van der Waals surface area contributed by atoms with Crippen LogP contribution in [0.25, 0.3) is 22.4 Å². The summed E-state index contributed by atoms with van der Waals surface area (Å²) < 4.78 is 76.1. The van der Waals surface area contributed by atoms with E-state index in [1.165, 1.54) is 20.3 Å². The molecular weight excluding hydrogens is 758 g/mol. The van der Waals surface area contributed by atoms with Gasteiger partial charge < -0.3 is 30.0 Å². The van der Waals surface area contributed by atoms with Gasteiger partial charge in [-0.15, -0.1) is 0 Å². The molecule has 296 valence electrons. The second-order valence-electron chi connectivity index (χ2n) is 14.2. The number of aromatic nitrogens is 2. The van der Waals surface area contributed by atoms with Crippen molar-refractivity contribution in [3.05, 3.63) is 87.2 Å². The van der Waals surface area contributed by atoms with Crippen molar-refractivity contribution in [3.63, 3.8) is 0 Å². The maximum Gasteiger partial charge on any atom is 0.421 e. The second-order valence-corrected chi connectivity index (χ2v) is 14.5. The number of fused-ring (bicyclic) bond motifs is 1. The van der Waals surface area contributed by atoms with E-state index in [4.69, 9.17) is 25.8 Å². The number of alkyl halides is 3. The maximum absolute atomic E-state index is 15.6. The van der Waals surface area contributed by atoms with E-state index in [1.807, 2.05) is 12.1 Å². The van der Waals surface area contributed by atoms with Gasteiger partial charge in [0.1, 0.15) is 17.5 Å². The number of nitrogens with zero attached hydrogens (tertiary/aromatic N) is 3. The fourth-order valence-electron chi connectivity index (χ4n) is 7.77. The number of pyridine rings is 2. The van der Waals surface area contributed by atoms with E-state index in [-0.39, 0.29) is 60.2 Å². The lowest BCUT2D eigenvalue weighted by Gasteiger charge is -2.22. The number of benzene rings is 2. The zero-order valence-corrected chi connectivity index (χ0v) is 31.4. The minimum Gasteiger partial charge on any atom is -0.481 e. The first-order chi connectivity index (χ1) is 26.8. The Morgan fingerprint density at radius 3 is 2.45 bits per heavy atom. The van der Waals surface area contributed by atoms with Crippen LogP contribution in [-0.4, -0.2) is 71.7 Å². The summed E-state index contributed by atoms with van der Waals surface area (Å²) in [5.41, 5.74) is 2.95.